The van der Waals surface area contributed by atoms with Crippen LogP contribution in [0.5, 0.6) is 11.5 Å². The third kappa shape index (κ3) is 3.84. The van der Waals surface area contributed by atoms with Crippen molar-refractivity contribution in [2.75, 3.05) is 0 Å². The van der Waals surface area contributed by atoms with Crippen molar-refractivity contribution < 1.29 is 14.6 Å². The first kappa shape index (κ1) is 13.6. The Morgan fingerprint density at radius 2 is 1.65 bits per heavy atom. The first-order valence-corrected chi connectivity index (χ1v) is 6.02. The lowest BCUT2D eigenvalue weighted by Crippen LogP contribution is -2.16. The molecule has 2 N–H and O–H groups in total. The molecular weight excluding hydrogens is 256 g/mol. The van der Waals surface area contributed by atoms with Gasteiger partial charge in [0.15, 0.2) is 0 Å². The minimum Gasteiger partial charge on any atom is -0.464 e. The zero-order chi connectivity index (χ0) is 14.4. The van der Waals surface area contributed by atoms with Crippen LogP contribution in [-0.4, -0.2) is 16.9 Å². The van der Waals surface area contributed by atoms with Gasteiger partial charge in [0, 0.05) is 0 Å². The monoisotopic (exact) mass is 270 g/mol. The van der Waals surface area contributed by atoms with E-state index in [0.717, 1.165) is 11.3 Å². The summed E-state index contributed by atoms with van der Waals surface area (Å²) in [7, 11) is 0. The van der Waals surface area contributed by atoms with E-state index >= 15 is 0 Å². The topological polar surface area (TPSA) is 70.9 Å². The molecule has 1 amide bonds. The predicted octanol–water partition coefficient (Wildman–Crippen LogP) is 3.47. The summed E-state index contributed by atoms with van der Waals surface area (Å²) in [6, 6.07) is 16.7. The highest BCUT2D eigenvalue weighted by Gasteiger charge is 2.01. The zero-order valence-electron chi connectivity index (χ0n) is 10.9. The largest absolute Gasteiger partial charge is 0.464 e. The number of carboxylic acid groups (broad SMARTS) is 1. The maximum absolute atomic E-state index is 10.4. The number of carbonyl (C=O) groups is 1. The maximum atomic E-state index is 10.4. The van der Waals surface area contributed by atoms with Crippen molar-refractivity contribution in [3.05, 3.63) is 60.2 Å². The third-order valence-corrected chi connectivity index (χ3v) is 2.57. The number of ether oxygens (including phenoxy) is 1. The summed E-state index contributed by atoms with van der Waals surface area (Å²) in [4.78, 5) is 10.4. The van der Waals surface area contributed by atoms with E-state index in [9.17, 15) is 4.79 Å². The van der Waals surface area contributed by atoms with Crippen LogP contribution in [-0.2, 0) is 0 Å². The summed E-state index contributed by atoms with van der Waals surface area (Å²) >= 11 is 0. The van der Waals surface area contributed by atoms with Gasteiger partial charge in [0.1, 0.15) is 11.5 Å². The second-order valence-electron chi connectivity index (χ2n) is 4.05. The molecule has 0 radical (unpaired) electrons. The van der Waals surface area contributed by atoms with E-state index < -0.39 is 6.09 Å². The molecule has 0 aliphatic rings. The Morgan fingerprint density at radius 1 is 1.05 bits per heavy atom. The van der Waals surface area contributed by atoms with Crippen LogP contribution in [0.2, 0.25) is 0 Å². The molecule has 0 aromatic heterocycles. The Bertz CT molecular complexity index is 607. The molecule has 0 bridgehead atoms. The van der Waals surface area contributed by atoms with Crippen molar-refractivity contribution in [2.45, 2.75) is 6.92 Å². The van der Waals surface area contributed by atoms with Gasteiger partial charge in [-0.3, -0.25) is 0 Å². The summed E-state index contributed by atoms with van der Waals surface area (Å²) in [5, 5.41) is 12.2. The minimum absolute atomic E-state index is 0.582. The quantitative estimate of drug-likeness (QED) is 0.660. The van der Waals surface area contributed by atoms with Gasteiger partial charge in [0.05, 0.1) is 5.71 Å². The van der Waals surface area contributed by atoms with Crippen molar-refractivity contribution in [1.82, 2.24) is 5.43 Å². The molecule has 0 saturated carbocycles. The normalized spacial score (nSPS) is 10.9. The maximum Gasteiger partial charge on any atom is 0.425 e. The molecule has 2 aromatic carbocycles. The summed E-state index contributed by atoms with van der Waals surface area (Å²) < 4.78 is 5.66. The Hall–Kier alpha value is -2.82. The third-order valence-electron chi connectivity index (χ3n) is 2.57. The molecule has 0 aliphatic heterocycles. The number of amides is 1. The molecule has 20 heavy (non-hydrogen) atoms. The molecule has 0 fully saturated rings. The van der Waals surface area contributed by atoms with Gasteiger partial charge in [-0.05, 0) is 48.9 Å². The molecule has 2 rings (SSSR count). The molecule has 0 atom stereocenters. The number of nitrogens with one attached hydrogen (secondary N) is 1. The van der Waals surface area contributed by atoms with Crippen LogP contribution in [0, 0.1) is 0 Å². The van der Waals surface area contributed by atoms with Crippen LogP contribution >= 0.6 is 0 Å². The van der Waals surface area contributed by atoms with Gasteiger partial charge >= 0.3 is 6.09 Å². The number of hydrazone groups is 1. The van der Waals surface area contributed by atoms with E-state index in [4.69, 9.17) is 9.84 Å². The van der Waals surface area contributed by atoms with Crippen molar-refractivity contribution in [1.29, 1.82) is 0 Å². The lowest BCUT2D eigenvalue weighted by atomic mass is 10.1. The molecule has 0 aliphatic carbocycles. The van der Waals surface area contributed by atoms with E-state index in [2.05, 4.69) is 5.10 Å². The van der Waals surface area contributed by atoms with Crippen molar-refractivity contribution in [3.63, 3.8) is 0 Å². The fraction of sp³-hybridized carbons (Fsp3) is 0.0667. The molecule has 0 spiro atoms. The fourth-order valence-corrected chi connectivity index (χ4v) is 1.59. The minimum atomic E-state index is -1.19. The molecule has 102 valence electrons. The Morgan fingerprint density at radius 3 is 2.25 bits per heavy atom. The Labute approximate surface area is 116 Å². The number of para-hydroxylation sites is 1. The van der Waals surface area contributed by atoms with Gasteiger partial charge < -0.3 is 9.84 Å². The highest BCUT2D eigenvalue weighted by Crippen LogP contribution is 2.21. The number of rotatable bonds is 4. The van der Waals surface area contributed by atoms with E-state index in [1.807, 2.05) is 60.0 Å². The first-order chi connectivity index (χ1) is 9.65. The smallest absolute Gasteiger partial charge is 0.425 e. The predicted molar refractivity (Wildman–Crippen MR) is 76.3 cm³/mol. The number of hydrogen-bond donors (Lipinski definition) is 2. The van der Waals surface area contributed by atoms with Crippen LogP contribution in [0.25, 0.3) is 0 Å². The van der Waals surface area contributed by atoms with Gasteiger partial charge in [-0.25, -0.2) is 10.2 Å². The van der Waals surface area contributed by atoms with E-state index in [0.29, 0.717) is 11.5 Å². The van der Waals surface area contributed by atoms with Crippen LogP contribution in [0.1, 0.15) is 12.5 Å². The highest BCUT2D eigenvalue weighted by atomic mass is 16.5. The lowest BCUT2D eigenvalue weighted by molar-refractivity contribution is 0.195. The van der Waals surface area contributed by atoms with Crippen molar-refractivity contribution in [3.8, 4) is 11.5 Å². The van der Waals surface area contributed by atoms with Crippen LogP contribution in [0.15, 0.2) is 59.7 Å². The average Bonchev–Trinajstić information content (AvgIpc) is 2.46. The van der Waals surface area contributed by atoms with E-state index in [-0.39, 0.29) is 0 Å². The molecule has 5 nitrogen and oxygen atoms in total. The van der Waals surface area contributed by atoms with E-state index in [1.54, 1.807) is 6.92 Å². The van der Waals surface area contributed by atoms with Gasteiger partial charge in [0.2, 0.25) is 0 Å². The van der Waals surface area contributed by atoms with Crippen molar-refractivity contribution >= 4 is 11.8 Å². The average molecular weight is 270 g/mol. The van der Waals surface area contributed by atoms with Gasteiger partial charge in [-0.1, -0.05) is 18.2 Å². The second kappa shape index (κ2) is 6.38. The van der Waals surface area contributed by atoms with Crippen LogP contribution in [0.3, 0.4) is 0 Å². The molecule has 0 heterocycles. The fourth-order valence-electron chi connectivity index (χ4n) is 1.59. The first-order valence-electron chi connectivity index (χ1n) is 6.02. The summed E-state index contributed by atoms with van der Waals surface area (Å²) in [6.45, 7) is 1.73. The number of hydrogen-bond acceptors (Lipinski definition) is 3. The van der Waals surface area contributed by atoms with Crippen molar-refractivity contribution in [2.24, 2.45) is 5.10 Å². The standard InChI is InChI=1S/C15H14N2O3/c1-11(16-17-15(18)19)12-7-9-14(10-8-12)20-13-5-3-2-4-6-13/h2-10,17H,1H3,(H,18,19). The molecule has 2 aromatic rings. The van der Waals surface area contributed by atoms with Gasteiger partial charge in [-0.2, -0.15) is 5.10 Å². The summed E-state index contributed by atoms with van der Waals surface area (Å²) in [5.41, 5.74) is 3.37. The Kier molecular flexibility index (Phi) is 4.34. The zero-order valence-corrected chi connectivity index (χ0v) is 10.9. The lowest BCUT2D eigenvalue weighted by Gasteiger charge is -2.06. The highest BCUT2D eigenvalue weighted by molar-refractivity contribution is 5.99. The van der Waals surface area contributed by atoms with Crippen LogP contribution in [0.4, 0.5) is 4.79 Å². The Balaban J connectivity index is 2.06. The molecular formula is C15H14N2O3. The van der Waals surface area contributed by atoms with Gasteiger partial charge in [-0.15, -0.1) is 0 Å². The number of benzene rings is 2. The molecule has 0 unspecified atom stereocenters. The van der Waals surface area contributed by atoms with E-state index in [1.165, 1.54) is 0 Å². The van der Waals surface area contributed by atoms with Crippen LogP contribution < -0.4 is 10.2 Å². The summed E-state index contributed by atoms with van der Waals surface area (Å²) in [6.07, 6.45) is -1.19. The van der Waals surface area contributed by atoms with Gasteiger partial charge in [0.25, 0.3) is 0 Å². The SMILES string of the molecule is CC(=NNC(=O)O)c1ccc(Oc2ccccc2)cc1. The summed E-state index contributed by atoms with van der Waals surface area (Å²) in [5.74, 6) is 1.47. The number of nitrogens with zero attached hydrogens (tertiary/aromatic N) is 1. The molecule has 0 saturated heterocycles. The molecule has 5 heteroatoms. The second-order valence-corrected chi connectivity index (χ2v) is 4.05.